The van der Waals surface area contributed by atoms with Gasteiger partial charge in [-0.05, 0) is 25.7 Å². The molecular formula is C24H35N2O7Rh. The van der Waals surface area contributed by atoms with E-state index in [1.54, 1.807) is 0 Å². The van der Waals surface area contributed by atoms with Gasteiger partial charge in [-0.2, -0.15) is 0 Å². The van der Waals surface area contributed by atoms with E-state index in [-0.39, 0.29) is 37.0 Å². The zero-order valence-corrected chi connectivity index (χ0v) is 22.6. The molecule has 0 aliphatic carbocycles. The summed E-state index contributed by atoms with van der Waals surface area (Å²) in [5.41, 5.74) is 4.10. The van der Waals surface area contributed by atoms with E-state index < -0.39 is 11.9 Å². The molecule has 34 heavy (non-hydrogen) atoms. The van der Waals surface area contributed by atoms with E-state index in [1.165, 1.54) is 0 Å². The van der Waals surface area contributed by atoms with Crippen molar-refractivity contribution in [1.82, 2.24) is 0 Å². The van der Waals surface area contributed by atoms with Gasteiger partial charge in [0.15, 0.2) is 0 Å². The molecule has 0 saturated carbocycles. The fraction of sp³-hybridized carbons (Fsp3) is 0.583. The van der Waals surface area contributed by atoms with Gasteiger partial charge in [-0.25, -0.2) is 0 Å². The minimum absolute atomic E-state index is 0. The van der Waals surface area contributed by atoms with Crippen molar-refractivity contribution in [3.05, 3.63) is 34.4 Å². The van der Waals surface area contributed by atoms with Gasteiger partial charge in [0.1, 0.15) is 25.0 Å². The Morgan fingerprint density at radius 2 is 1.18 bits per heavy atom. The first-order valence-electron chi connectivity index (χ1n) is 10.6. The van der Waals surface area contributed by atoms with Crippen LogP contribution < -0.4 is 10.2 Å². The van der Waals surface area contributed by atoms with Crippen molar-refractivity contribution in [3.8, 4) is 0 Å². The number of aliphatic carboxylic acids is 2. The number of ether oxygens (including phenoxy) is 2. The van der Waals surface area contributed by atoms with E-state index in [9.17, 15) is 0 Å². The Hall–Kier alpha value is -2.32. The van der Waals surface area contributed by atoms with Crippen LogP contribution in [0.1, 0.15) is 63.8 Å². The Balaban J connectivity index is 0. The van der Waals surface area contributed by atoms with Crippen LogP contribution in [0.25, 0.3) is 0 Å². The second-order valence-electron chi connectivity index (χ2n) is 8.48. The summed E-state index contributed by atoms with van der Waals surface area (Å²) in [6, 6.07) is 6.07. The molecule has 2 atom stereocenters. The van der Waals surface area contributed by atoms with Crippen molar-refractivity contribution in [2.75, 3.05) is 13.2 Å². The zero-order valence-electron chi connectivity index (χ0n) is 21.0. The summed E-state index contributed by atoms with van der Waals surface area (Å²) in [6.07, 6.45) is 0. The molecule has 0 aromatic heterocycles. The second kappa shape index (κ2) is 15.6. The van der Waals surface area contributed by atoms with Gasteiger partial charge in [0.05, 0.1) is 12.1 Å². The fourth-order valence-electron chi connectivity index (χ4n) is 2.97. The predicted molar refractivity (Wildman–Crippen MR) is 122 cm³/mol. The van der Waals surface area contributed by atoms with Crippen molar-refractivity contribution in [1.29, 1.82) is 0 Å². The van der Waals surface area contributed by atoms with Crippen LogP contribution in [0.3, 0.4) is 0 Å². The van der Waals surface area contributed by atoms with Crippen LogP contribution in [-0.4, -0.2) is 54.5 Å². The van der Waals surface area contributed by atoms with E-state index in [0.29, 0.717) is 36.8 Å². The third-order valence-corrected chi connectivity index (χ3v) is 4.79. The number of rotatable bonds is 4. The van der Waals surface area contributed by atoms with Crippen LogP contribution in [0.2, 0.25) is 0 Å². The topological polar surface area (TPSA) is 155 Å². The summed E-state index contributed by atoms with van der Waals surface area (Å²) in [7, 11) is 0. The Bertz CT molecular complexity index is 807. The van der Waals surface area contributed by atoms with Crippen LogP contribution in [0, 0.1) is 31.7 Å². The first-order valence-corrected chi connectivity index (χ1v) is 10.6. The molecule has 0 radical (unpaired) electrons. The summed E-state index contributed by atoms with van der Waals surface area (Å²) in [5, 5.41) is 17.8. The average Bonchev–Trinajstić information content (AvgIpc) is 3.31. The number of hydrogen-bond donors (Lipinski definition) is 0. The van der Waals surface area contributed by atoms with E-state index >= 15 is 0 Å². The molecule has 0 unspecified atom stereocenters. The molecule has 2 aliphatic heterocycles. The first-order chi connectivity index (χ1) is 14.8. The summed E-state index contributed by atoms with van der Waals surface area (Å²) < 4.78 is 11.7. The van der Waals surface area contributed by atoms with Gasteiger partial charge >= 0.3 is 19.5 Å². The Morgan fingerprint density at radius 1 is 0.882 bits per heavy atom. The Kier molecular flexibility index (Phi) is 15.5. The number of nitrogens with zero attached hydrogens (tertiary/aromatic N) is 2. The smallest absolute Gasteiger partial charge is 0.550 e. The molecule has 2 heterocycles. The van der Waals surface area contributed by atoms with Crippen LogP contribution in [0.15, 0.2) is 16.1 Å². The van der Waals surface area contributed by atoms with Crippen molar-refractivity contribution in [2.24, 2.45) is 21.8 Å². The van der Waals surface area contributed by atoms with E-state index in [4.69, 9.17) is 39.3 Å². The molecule has 0 spiro atoms. The number of hydrogen-bond acceptors (Lipinski definition) is 8. The third kappa shape index (κ3) is 10.7. The van der Waals surface area contributed by atoms with Gasteiger partial charge in [0.25, 0.3) is 0 Å². The van der Waals surface area contributed by atoms with Crippen molar-refractivity contribution >= 4 is 23.7 Å². The molecule has 0 fully saturated rings. The molecule has 0 saturated heterocycles. The van der Waals surface area contributed by atoms with Crippen molar-refractivity contribution in [2.45, 2.75) is 67.5 Å². The van der Waals surface area contributed by atoms with Crippen LogP contribution >= 0.6 is 0 Å². The number of carboxylic acid groups (broad SMARTS) is 2. The summed E-state index contributed by atoms with van der Waals surface area (Å²) >= 11 is 0. The zero-order chi connectivity index (χ0) is 24.6. The second-order valence-corrected chi connectivity index (χ2v) is 8.48. The maximum atomic E-state index is 8.89. The van der Waals surface area contributed by atoms with Crippen LogP contribution in [0.5, 0.6) is 0 Å². The number of carbonyl (C=O) groups is 2. The van der Waals surface area contributed by atoms with E-state index in [2.05, 4.69) is 53.7 Å². The van der Waals surface area contributed by atoms with Crippen LogP contribution in [0.4, 0.5) is 0 Å². The van der Waals surface area contributed by atoms with Crippen molar-refractivity contribution < 1.29 is 54.2 Å². The van der Waals surface area contributed by atoms with Crippen molar-refractivity contribution in [3.63, 3.8) is 0 Å². The molecular weight excluding hydrogens is 531 g/mol. The van der Waals surface area contributed by atoms with Crippen LogP contribution in [-0.2, 0) is 38.5 Å². The minimum Gasteiger partial charge on any atom is -0.550 e. The maximum Gasteiger partial charge on any atom is 3.00 e. The number of carboxylic acids is 2. The number of aliphatic imine (C=N–C) groups is 2. The maximum absolute atomic E-state index is 8.89. The molecule has 192 valence electrons. The molecule has 9 nitrogen and oxygen atoms in total. The van der Waals surface area contributed by atoms with Gasteiger partial charge < -0.3 is 34.8 Å². The molecule has 0 bridgehead atoms. The molecule has 1 aromatic carbocycles. The molecule has 2 aliphatic rings. The Labute approximate surface area is 214 Å². The summed E-state index contributed by atoms with van der Waals surface area (Å²) in [5.74, 6) is 0.182. The van der Waals surface area contributed by atoms with Gasteiger partial charge in [0.2, 0.25) is 0 Å². The van der Waals surface area contributed by atoms with Gasteiger partial charge in [-0.1, -0.05) is 52.7 Å². The van der Waals surface area contributed by atoms with Gasteiger partial charge in [-0.3, -0.25) is 9.98 Å². The Morgan fingerprint density at radius 3 is 1.41 bits per heavy atom. The van der Waals surface area contributed by atoms with Gasteiger partial charge in [-0.15, -0.1) is 23.3 Å². The molecule has 10 heteroatoms. The first kappa shape index (κ1) is 33.9. The minimum atomic E-state index is -1.08. The monoisotopic (exact) mass is 566 g/mol. The largest absolute Gasteiger partial charge is 3.00 e. The summed E-state index contributed by atoms with van der Waals surface area (Å²) in [4.78, 5) is 27.3. The van der Waals surface area contributed by atoms with E-state index in [0.717, 1.165) is 36.1 Å². The molecule has 2 N–H and O–H groups in total. The normalized spacial score (nSPS) is 17.9. The number of carbonyl (C=O) groups excluding carboxylic acids is 2. The average molecular weight is 566 g/mol. The predicted octanol–water partition coefficient (Wildman–Crippen LogP) is 0.392. The number of benzene rings is 1. The third-order valence-electron chi connectivity index (χ3n) is 4.79. The SMILES string of the molecule is CC(=O)[O-].CC(=O)[O-].Cc1cc(C)c(C2=N[C@@H](C(C)C)CO2)[c-]c1C1=N[C@@H](C(C)C)CO1.O.[Rh+3]. The van der Waals surface area contributed by atoms with E-state index in [1.807, 2.05) is 0 Å². The molecule has 1 aromatic rings. The number of aryl methyl sites for hydroxylation is 2. The molecule has 0 amide bonds. The van der Waals surface area contributed by atoms with Gasteiger partial charge in [0, 0.05) is 11.9 Å². The summed E-state index contributed by atoms with van der Waals surface area (Å²) in [6.45, 7) is 16.1. The fourth-order valence-corrected chi connectivity index (χ4v) is 2.97. The quantitative estimate of drug-likeness (QED) is 0.379. The standard InChI is InChI=1S/C20H27N2O2.2C2H4O2.H2O.Rh/c1-11(2)17-9-23-19(21-17)15-8-16(14(6)7-13(15)5)20-22-18(10-24-20)12(3)4;2*1-2(3)4;;/h7,11-12,17-18H,9-10H2,1-6H3;2*1H3,(H,3,4);1H2;/q-1;;;;+3/p-2/t17-,18-;;;;/m1..../s1. The molecule has 3 rings (SSSR count).